The minimum absolute atomic E-state index is 0.157. The number of halogens is 1. The van der Waals surface area contributed by atoms with E-state index >= 15 is 0 Å². The van der Waals surface area contributed by atoms with Crippen LogP contribution in [0.4, 0.5) is 5.69 Å². The van der Waals surface area contributed by atoms with Crippen molar-refractivity contribution in [2.45, 2.75) is 13.5 Å². The van der Waals surface area contributed by atoms with Gasteiger partial charge in [-0.25, -0.2) is 4.98 Å². The molecule has 0 radical (unpaired) electrons. The molecule has 0 aliphatic heterocycles. The highest BCUT2D eigenvalue weighted by atomic mass is 79.9. The Morgan fingerprint density at radius 1 is 1.53 bits per heavy atom. The number of ketones is 1. The molecule has 2 rings (SSSR count). The molecule has 0 spiro atoms. The quantitative estimate of drug-likeness (QED) is 0.699. The summed E-state index contributed by atoms with van der Waals surface area (Å²) in [5, 5.41) is 0. The topological polar surface area (TPSA) is 60.9 Å². The molecule has 0 saturated heterocycles. The van der Waals surface area contributed by atoms with Crippen LogP contribution in [0.15, 0.2) is 35.1 Å². The average Bonchev–Trinajstić information content (AvgIpc) is 2.79. The molecule has 88 valence electrons. The van der Waals surface area contributed by atoms with E-state index in [4.69, 9.17) is 5.73 Å². The molecule has 4 nitrogen and oxygen atoms in total. The summed E-state index contributed by atoms with van der Waals surface area (Å²) in [4.78, 5) is 16.4. The smallest absolute Gasteiger partial charge is 0.230 e. The number of imidazole rings is 1. The number of rotatable bonds is 3. The number of anilines is 1. The highest BCUT2D eigenvalue weighted by molar-refractivity contribution is 9.10. The maximum Gasteiger partial charge on any atom is 0.230 e. The van der Waals surface area contributed by atoms with Crippen LogP contribution in [0.3, 0.4) is 0 Å². The molecule has 0 bridgehead atoms. The van der Waals surface area contributed by atoms with Crippen LogP contribution in [0.1, 0.15) is 23.1 Å². The first-order valence-corrected chi connectivity index (χ1v) is 6.03. The van der Waals surface area contributed by atoms with E-state index in [1.54, 1.807) is 35.2 Å². The summed E-state index contributed by atoms with van der Waals surface area (Å²) in [7, 11) is 0. The normalized spacial score (nSPS) is 10.5. The van der Waals surface area contributed by atoms with Crippen molar-refractivity contribution >= 4 is 27.4 Å². The van der Waals surface area contributed by atoms with Crippen LogP contribution in [-0.2, 0) is 6.54 Å². The lowest BCUT2D eigenvalue weighted by Gasteiger charge is -2.06. The molecule has 0 amide bonds. The Hall–Kier alpha value is -1.62. The molecule has 17 heavy (non-hydrogen) atoms. The van der Waals surface area contributed by atoms with Gasteiger partial charge in [0.15, 0.2) is 5.82 Å². The Morgan fingerprint density at radius 3 is 3.00 bits per heavy atom. The zero-order valence-electron chi connectivity index (χ0n) is 9.35. The number of hydrogen-bond donors (Lipinski definition) is 1. The summed E-state index contributed by atoms with van der Waals surface area (Å²) in [6, 6.07) is 5.22. The van der Waals surface area contributed by atoms with Crippen LogP contribution in [0, 0.1) is 0 Å². The Kier molecular flexibility index (Phi) is 3.28. The highest BCUT2D eigenvalue weighted by Gasteiger charge is 2.17. The molecule has 1 aromatic heterocycles. The lowest BCUT2D eigenvalue weighted by molar-refractivity contribution is 0.102. The number of hydrogen-bond acceptors (Lipinski definition) is 3. The van der Waals surface area contributed by atoms with E-state index < -0.39 is 0 Å². The highest BCUT2D eigenvalue weighted by Crippen LogP contribution is 2.21. The van der Waals surface area contributed by atoms with E-state index in [2.05, 4.69) is 20.9 Å². The average molecular weight is 294 g/mol. The number of aryl methyl sites for hydroxylation is 1. The van der Waals surface area contributed by atoms with E-state index in [9.17, 15) is 4.79 Å². The van der Waals surface area contributed by atoms with Crippen LogP contribution in [-0.4, -0.2) is 15.3 Å². The predicted molar refractivity (Wildman–Crippen MR) is 69.9 cm³/mol. The second-order valence-electron chi connectivity index (χ2n) is 3.60. The van der Waals surface area contributed by atoms with Crippen LogP contribution in [0.25, 0.3) is 0 Å². The largest absolute Gasteiger partial charge is 0.398 e. The molecule has 2 N–H and O–H groups in total. The van der Waals surface area contributed by atoms with Crippen molar-refractivity contribution in [1.29, 1.82) is 0 Å². The Morgan fingerprint density at radius 2 is 2.29 bits per heavy atom. The van der Waals surface area contributed by atoms with Crippen molar-refractivity contribution in [3.63, 3.8) is 0 Å². The van der Waals surface area contributed by atoms with Crippen molar-refractivity contribution in [1.82, 2.24) is 9.55 Å². The van der Waals surface area contributed by atoms with Crippen LogP contribution in [0.2, 0.25) is 0 Å². The summed E-state index contributed by atoms with van der Waals surface area (Å²) in [6.07, 6.45) is 3.40. The summed E-state index contributed by atoms with van der Waals surface area (Å²) < 4.78 is 2.62. The second-order valence-corrected chi connectivity index (χ2v) is 4.51. The molecule has 0 fully saturated rings. The minimum atomic E-state index is -0.157. The molecule has 0 unspecified atom stereocenters. The van der Waals surface area contributed by atoms with Crippen LogP contribution >= 0.6 is 15.9 Å². The van der Waals surface area contributed by atoms with Gasteiger partial charge in [-0.2, -0.15) is 0 Å². The van der Waals surface area contributed by atoms with E-state index in [1.807, 2.05) is 6.92 Å². The van der Waals surface area contributed by atoms with E-state index in [1.165, 1.54) is 0 Å². The zero-order valence-corrected chi connectivity index (χ0v) is 10.9. The molecule has 2 aromatic rings. The summed E-state index contributed by atoms with van der Waals surface area (Å²) in [5.41, 5.74) is 6.74. The first kappa shape index (κ1) is 11.9. The number of aromatic nitrogens is 2. The van der Waals surface area contributed by atoms with Crippen molar-refractivity contribution < 1.29 is 4.79 Å². The lowest BCUT2D eigenvalue weighted by Crippen LogP contribution is -2.12. The van der Waals surface area contributed by atoms with Gasteiger partial charge in [0.2, 0.25) is 5.78 Å². The van der Waals surface area contributed by atoms with Gasteiger partial charge in [0.1, 0.15) is 0 Å². The number of carbonyl (C=O) groups is 1. The molecular weight excluding hydrogens is 282 g/mol. The minimum Gasteiger partial charge on any atom is -0.398 e. The summed E-state index contributed by atoms with van der Waals surface area (Å²) in [6.45, 7) is 2.66. The van der Waals surface area contributed by atoms with Gasteiger partial charge in [-0.3, -0.25) is 4.79 Å². The second kappa shape index (κ2) is 4.71. The number of nitrogen functional groups attached to an aromatic ring is 1. The zero-order chi connectivity index (χ0) is 12.4. The lowest BCUT2D eigenvalue weighted by atomic mass is 10.1. The molecule has 0 atom stereocenters. The fourth-order valence-corrected chi connectivity index (χ4v) is 1.98. The van der Waals surface area contributed by atoms with Gasteiger partial charge in [0.05, 0.1) is 0 Å². The molecule has 0 aliphatic carbocycles. The van der Waals surface area contributed by atoms with Gasteiger partial charge in [-0.05, 0) is 25.1 Å². The molecule has 0 saturated carbocycles. The Balaban J connectivity index is 2.47. The number of carbonyl (C=O) groups excluding carboxylic acids is 1. The number of benzene rings is 1. The predicted octanol–water partition coefficient (Wildman–Crippen LogP) is 2.48. The van der Waals surface area contributed by atoms with Crippen LogP contribution in [0.5, 0.6) is 0 Å². The first-order chi connectivity index (χ1) is 8.13. The van der Waals surface area contributed by atoms with Crippen molar-refractivity contribution in [3.05, 3.63) is 46.5 Å². The molecule has 0 aliphatic rings. The van der Waals surface area contributed by atoms with Crippen molar-refractivity contribution in [3.8, 4) is 0 Å². The number of nitrogens with two attached hydrogens (primary N) is 1. The maximum absolute atomic E-state index is 12.3. The van der Waals surface area contributed by atoms with E-state index in [-0.39, 0.29) is 5.78 Å². The standard InChI is InChI=1S/C12H12BrN3O/c1-2-16-6-5-15-12(16)11(17)9-7-8(13)3-4-10(9)14/h3-7H,2,14H2,1H3. The third-order valence-corrected chi connectivity index (χ3v) is 3.01. The fraction of sp³-hybridized carbons (Fsp3) is 0.167. The maximum atomic E-state index is 12.3. The third-order valence-electron chi connectivity index (χ3n) is 2.52. The fourth-order valence-electron chi connectivity index (χ4n) is 1.62. The SMILES string of the molecule is CCn1ccnc1C(=O)c1cc(Br)ccc1N. The van der Waals surface area contributed by atoms with Gasteiger partial charge in [-0.1, -0.05) is 15.9 Å². The van der Waals surface area contributed by atoms with Crippen molar-refractivity contribution in [2.75, 3.05) is 5.73 Å². The summed E-state index contributed by atoms with van der Waals surface area (Å²) in [5.74, 6) is 0.257. The molecule has 1 aromatic carbocycles. The van der Waals surface area contributed by atoms with Crippen LogP contribution < -0.4 is 5.73 Å². The van der Waals surface area contributed by atoms with Gasteiger partial charge >= 0.3 is 0 Å². The van der Waals surface area contributed by atoms with E-state index in [0.717, 1.165) is 4.47 Å². The van der Waals surface area contributed by atoms with Gasteiger partial charge in [0, 0.05) is 34.7 Å². The molecular formula is C12H12BrN3O. The van der Waals surface area contributed by atoms with Crippen molar-refractivity contribution in [2.24, 2.45) is 0 Å². The monoisotopic (exact) mass is 293 g/mol. The Bertz CT molecular complexity index is 563. The molecule has 5 heteroatoms. The van der Waals surface area contributed by atoms with Gasteiger partial charge in [-0.15, -0.1) is 0 Å². The summed E-state index contributed by atoms with van der Waals surface area (Å²) >= 11 is 3.33. The first-order valence-electron chi connectivity index (χ1n) is 5.24. The van der Waals surface area contributed by atoms with Gasteiger partial charge < -0.3 is 10.3 Å². The van der Waals surface area contributed by atoms with Gasteiger partial charge in [0.25, 0.3) is 0 Å². The molecule has 1 heterocycles. The third kappa shape index (κ3) is 2.24. The Labute approximate surface area is 108 Å². The van der Waals surface area contributed by atoms with E-state index in [0.29, 0.717) is 23.6 Å². The number of nitrogens with zero attached hydrogens (tertiary/aromatic N) is 2.